The maximum absolute atomic E-state index is 12.7. The van der Waals surface area contributed by atoms with Crippen LogP contribution >= 0.6 is 0 Å². The van der Waals surface area contributed by atoms with Crippen molar-refractivity contribution in [1.29, 1.82) is 0 Å². The Labute approximate surface area is 144 Å². The second kappa shape index (κ2) is 6.38. The Morgan fingerprint density at radius 2 is 2.16 bits per heavy atom. The number of nitrogens with one attached hydrogen (secondary N) is 1. The summed E-state index contributed by atoms with van der Waals surface area (Å²) in [6.07, 6.45) is 0. The van der Waals surface area contributed by atoms with Crippen molar-refractivity contribution in [2.24, 2.45) is 0 Å². The van der Waals surface area contributed by atoms with Gasteiger partial charge < -0.3 is 9.84 Å². The zero-order chi connectivity index (χ0) is 17.4. The molecular weight excluding hydrogens is 320 g/mol. The Hall–Kier alpha value is -2.58. The van der Waals surface area contributed by atoms with Crippen LogP contribution < -0.4 is 10.9 Å². The molecule has 0 bridgehead atoms. The van der Waals surface area contributed by atoms with Gasteiger partial charge in [0.15, 0.2) is 5.82 Å². The second-order valence-corrected chi connectivity index (χ2v) is 6.31. The zero-order valence-corrected chi connectivity index (χ0v) is 14.3. The molecule has 3 aromatic rings. The van der Waals surface area contributed by atoms with Crippen molar-refractivity contribution >= 4 is 10.9 Å². The highest BCUT2D eigenvalue weighted by molar-refractivity contribution is 5.77. The summed E-state index contributed by atoms with van der Waals surface area (Å²) in [6.45, 7) is 4.70. The first-order chi connectivity index (χ1) is 12.1. The van der Waals surface area contributed by atoms with E-state index in [0.717, 1.165) is 19.6 Å². The summed E-state index contributed by atoms with van der Waals surface area (Å²) in [5.74, 6) is 1.68. The largest absolute Gasteiger partial charge is 0.337 e. The van der Waals surface area contributed by atoms with Gasteiger partial charge in [-0.2, -0.15) is 4.98 Å². The molecule has 130 valence electrons. The number of benzene rings is 1. The van der Waals surface area contributed by atoms with Gasteiger partial charge in [0.1, 0.15) is 12.4 Å². The van der Waals surface area contributed by atoms with Gasteiger partial charge in [-0.15, -0.1) is 0 Å². The monoisotopic (exact) mass is 340 g/mol. The molecule has 1 N–H and O–H groups in total. The SMILES string of the molecule is Cc1nc2ccccc2c(=O)n1Cc1nc(C2CNCCN2C)no1. The predicted octanol–water partition coefficient (Wildman–Crippen LogP) is 0.712. The van der Waals surface area contributed by atoms with Gasteiger partial charge in [0.05, 0.1) is 16.9 Å². The minimum Gasteiger partial charge on any atom is -0.337 e. The third-order valence-corrected chi connectivity index (χ3v) is 4.64. The van der Waals surface area contributed by atoms with Crippen LogP contribution in [0.25, 0.3) is 10.9 Å². The van der Waals surface area contributed by atoms with Crippen molar-refractivity contribution in [3.8, 4) is 0 Å². The molecule has 1 atom stereocenters. The Morgan fingerprint density at radius 3 is 3.00 bits per heavy atom. The standard InChI is InChI=1S/C17H20N6O2/c1-11-19-13-6-4-3-5-12(13)17(24)23(11)10-15-20-16(21-25-15)14-9-18-7-8-22(14)2/h3-6,14,18H,7-10H2,1-2H3. The number of fused-ring (bicyclic) bond motifs is 1. The first kappa shape index (κ1) is 15.9. The third kappa shape index (κ3) is 2.94. The topological polar surface area (TPSA) is 89.1 Å². The van der Waals surface area contributed by atoms with Gasteiger partial charge in [0.2, 0.25) is 5.89 Å². The van der Waals surface area contributed by atoms with Crippen LogP contribution in [0.3, 0.4) is 0 Å². The van der Waals surface area contributed by atoms with Gasteiger partial charge in [-0.25, -0.2) is 4.98 Å². The number of likely N-dealkylation sites (N-methyl/N-ethyl adjacent to an activating group) is 1. The lowest BCUT2D eigenvalue weighted by molar-refractivity contribution is 0.190. The van der Waals surface area contributed by atoms with E-state index in [2.05, 4.69) is 25.3 Å². The number of para-hydroxylation sites is 1. The molecule has 0 radical (unpaired) electrons. The van der Waals surface area contributed by atoms with Crippen molar-refractivity contribution in [3.05, 3.63) is 52.2 Å². The number of hydrogen-bond acceptors (Lipinski definition) is 7. The fraction of sp³-hybridized carbons (Fsp3) is 0.412. The summed E-state index contributed by atoms with van der Waals surface area (Å²) >= 11 is 0. The lowest BCUT2D eigenvalue weighted by Gasteiger charge is -2.30. The van der Waals surface area contributed by atoms with Crippen LogP contribution in [-0.2, 0) is 6.54 Å². The number of piperazine rings is 1. The summed E-state index contributed by atoms with van der Waals surface area (Å²) in [5.41, 5.74) is 0.599. The molecule has 1 saturated heterocycles. The van der Waals surface area contributed by atoms with Gasteiger partial charge >= 0.3 is 0 Å². The summed E-state index contributed by atoms with van der Waals surface area (Å²) in [4.78, 5) is 23.9. The third-order valence-electron chi connectivity index (χ3n) is 4.64. The normalized spacial score (nSPS) is 18.7. The Bertz CT molecular complexity index is 963. The average molecular weight is 340 g/mol. The van der Waals surface area contributed by atoms with Gasteiger partial charge in [-0.3, -0.25) is 14.3 Å². The number of hydrogen-bond donors (Lipinski definition) is 1. The lowest BCUT2D eigenvalue weighted by Crippen LogP contribution is -2.44. The first-order valence-electron chi connectivity index (χ1n) is 8.33. The molecule has 8 heteroatoms. The highest BCUT2D eigenvalue weighted by Crippen LogP contribution is 2.18. The highest BCUT2D eigenvalue weighted by atomic mass is 16.5. The van der Waals surface area contributed by atoms with Crippen molar-refractivity contribution in [2.75, 3.05) is 26.7 Å². The van der Waals surface area contributed by atoms with Gasteiger partial charge in [0, 0.05) is 19.6 Å². The maximum Gasteiger partial charge on any atom is 0.261 e. The van der Waals surface area contributed by atoms with Crippen LogP contribution in [0.15, 0.2) is 33.6 Å². The molecule has 3 heterocycles. The average Bonchev–Trinajstić information content (AvgIpc) is 3.07. The van der Waals surface area contributed by atoms with E-state index in [-0.39, 0.29) is 18.1 Å². The van der Waals surface area contributed by atoms with E-state index in [1.54, 1.807) is 10.6 Å². The molecule has 1 aromatic carbocycles. The van der Waals surface area contributed by atoms with E-state index in [1.165, 1.54) is 0 Å². The smallest absolute Gasteiger partial charge is 0.261 e. The van der Waals surface area contributed by atoms with E-state index >= 15 is 0 Å². The number of aryl methyl sites for hydroxylation is 1. The summed E-state index contributed by atoms with van der Waals surface area (Å²) < 4.78 is 6.96. The molecule has 1 aliphatic rings. The molecule has 4 rings (SSSR count). The van der Waals surface area contributed by atoms with Crippen molar-refractivity contribution < 1.29 is 4.52 Å². The molecule has 1 fully saturated rings. The first-order valence-corrected chi connectivity index (χ1v) is 8.33. The number of rotatable bonds is 3. The van der Waals surface area contributed by atoms with E-state index in [1.807, 2.05) is 32.2 Å². The Kier molecular flexibility index (Phi) is 4.06. The fourth-order valence-electron chi connectivity index (χ4n) is 3.16. The molecule has 25 heavy (non-hydrogen) atoms. The molecular formula is C17H20N6O2. The van der Waals surface area contributed by atoms with E-state index in [9.17, 15) is 4.79 Å². The van der Waals surface area contributed by atoms with Gasteiger partial charge in [0.25, 0.3) is 5.56 Å². The van der Waals surface area contributed by atoms with Crippen molar-refractivity contribution in [2.45, 2.75) is 19.5 Å². The molecule has 2 aromatic heterocycles. The van der Waals surface area contributed by atoms with Crippen LogP contribution in [-0.4, -0.2) is 51.3 Å². The molecule has 0 amide bonds. The van der Waals surface area contributed by atoms with Crippen molar-refractivity contribution in [1.82, 2.24) is 29.9 Å². The number of aromatic nitrogens is 4. The summed E-state index contributed by atoms with van der Waals surface area (Å²) in [7, 11) is 2.05. The maximum atomic E-state index is 12.7. The van der Waals surface area contributed by atoms with E-state index in [4.69, 9.17) is 4.52 Å². The highest BCUT2D eigenvalue weighted by Gasteiger charge is 2.25. The van der Waals surface area contributed by atoms with Gasteiger partial charge in [-0.1, -0.05) is 17.3 Å². The van der Waals surface area contributed by atoms with Gasteiger partial charge in [-0.05, 0) is 26.1 Å². The molecule has 0 aliphatic carbocycles. The minimum atomic E-state index is -0.0979. The van der Waals surface area contributed by atoms with Crippen LogP contribution in [0.5, 0.6) is 0 Å². The second-order valence-electron chi connectivity index (χ2n) is 6.31. The van der Waals surface area contributed by atoms with Crippen LogP contribution in [0, 0.1) is 6.92 Å². The number of nitrogens with zero attached hydrogens (tertiary/aromatic N) is 5. The van der Waals surface area contributed by atoms with E-state index in [0.29, 0.717) is 28.4 Å². The van der Waals surface area contributed by atoms with Crippen LogP contribution in [0.2, 0.25) is 0 Å². The van der Waals surface area contributed by atoms with Crippen LogP contribution in [0.1, 0.15) is 23.6 Å². The fourth-order valence-corrected chi connectivity index (χ4v) is 3.16. The molecule has 8 nitrogen and oxygen atoms in total. The lowest BCUT2D eigenvalue weighted by atomic mass is 10.2. The van der Waals surface area contributed by atoms with E-state index < -0.39 is 0 Å². The molecule has 0 saturated carbocycles. The molecule has 1 unspecified atom stereocenters. The molecule has 1 aliphatic heterocycles. The van der Waals surface area contributed by atoms with Crippen molar-refractivity contribution in [3.63, 3.8) is 0 Å². The molecule has 0 spiro atoms. The summed E-state index contributed by atoms with van der Waals surface area (Å²) in [5, 5.41) is 8.02. The zero-order valence-electron chi connectivity index (χ0n) is 14.3. The quantitative estimate of drug-likeness (QED) is 0.751. The Morgan fingerprint density at radius 1 is 1.32 bits per heavy atom. The van der Waals surface area contributed by atoms with Crippen LogP contribution in [0.4, 0.5) is 0 Å². The predicted molar refractivity (Wildman–Crippen MR) is 92.4 cm³/mol. The summed E-state index contributed by atoms with van der Waals surface area (Å²) in [6, 6.07) is 7.41. The minimum absolute atomic E-state index is 0.0822. The Balaban J connectivity index is 1.65.